The average molecular weight is 393 g/mol. The molecule has 4 rings (SSSR count). The van der Waals surface area contributed by atoms with E-state index in [-0.39, 0.29) is 53.0 Å². The molecular weight excluding hydrogens is 356 g/mol. The van der Waals surface area contributed by atoms with Crippen molar-refractivity contribution in [2.75, 3.05) is 0 Å². The van der Waals surface area contributed by atoms with Gasteiger partial charge in [0.25, 0.3) is 0 Å². The molecular formula is C23H36O5. The molecule has 0 aromatic heterocycles. The Morgan fingerprint density at radius 2 is 1.68 bits per heavy atom. The SMILES string of the molecule is CC(=O)O[C@@H]1C[C@@H]2CC(O)CCC2(C)C2CC(O)C3(C)C(CC[C@H]3C(C)=O)C21. The summed E-state index contributed by atoms with van der Waals surface area (Å²) in [6, 6.07) is 0. The van der Waals surface area contributed by atoms with Crippen molar-refractivity contribution in [3.05, 3.63) is 0 Å². The van der Waals surface area contributed by atoms with Gasteiger partial charge in [-0.15, -0.1) is 0 Å². The molecule has 4 fully saturated rings. The predicted molar refractivity (Wildman–Crippen MR) is 104 cm³/mol. The molecule has 5 nitrogen and oxygen atoms in total. The summed E-state index contributed by atoms with van der Waals surface area (Å²) in [7, 11) is 0. The third-order valence-corrected chi connectivity index (χ3v) is 9.55. The van der Waals surface area contributed by atoms with Gasteiger partial charge in [0.15, 0.2) is 0 Å². The molecule has 4 saturated carbocycles. The summed E-state index contributed by atoms with van der Waals surface area (Å²) in [4.78, 5) is 24.3. The van der Waals surface area contributed by atoms with Crippen LogP contribution in [0.2, 0.25) is 0 Å². The van der Waals surface area contributed by atoms with Crippen LogP contribution in [0.3, 0.4) is 0 Å². The van der Waals surface area contributed by atoms with Crippen molar-refractivity contribution < 1.29 is 24.5 Å². The molecule has 0 spiro atoms. The quantitative estimate of drug-likeness (QED) is 0.706. The molecule has 0 saturated heterocycles. The van der Waals surface area contributed by atoms with Crippen molar-refractivity contribution in [1.82, 2.24) is 0 Å². The number of aliphatic hydroxyl groups is 2. The summed E-state index contributed by atoms with van der Waals surface area (Å²) in [5, 5.41) is 21.6. The van der Waals surface area contributed by atoms with Crippen molar-refractivity contribution in [2.24, 2.45) is 40.4 Å². The Bertz CT molecular complexity index is 661. The van der Waals surface area contributed by atoms with Crippen LogP contribution in [0.4, 0.5) is 0 Å². The van der Waals surface area contributed by atoms with Crippen molar-refractivity contribution >= 4 is 11.8 Å². The molecule has 2 N–H and O–H groups in total. The highest BCUT2D eigenvalue weighted by Gasteiger charge is 2.66. The Kier molecular flexibility index (Phi) is 4.94. The molecule has 0 aliphatic heterocycles. The van der Waals surface area contributed by atoms with Crippen LogP contribution in [0.15, 0.2) is 0 Å². The van der Waals surface area contributed by atoms with Gasteiger partial charge in [-0.25, -0.2) is 0 Å². The molecule has 0 aromatic carbocycles. The lowest BCUT2D eigenvalue weighted by molar-refractivity contribution is -0.214. The summed E-state index contributed by atoms with van der Waals surface area (Å²) in [5.74, 6) is 0.780. The molecule has 0 bridgehead atoms. The summed E-state index contributed by atoms with van der Waals surface area (Å²) in [5.41, 5.74) is -0.375. The maximum Gasteiger partial charge on any atom is 0.302 e. The highest BCUT2D eigenvalue weighted by atomic mass is 16.5. The number of carbonyl (C=O) groups excluding carboxylic acids is 2. The number of rotatable bonds is 2. The van der Waals surface area contributed by atoms with E-state index in [1.807, 2.05) is 0 Å². The first kappa shape index (κ1) is 20.3. The Balaban J connectivity index is 1.75. The van der Waals surface area contributed by atoms with Gasteiger partial charge in [-0.05, 0) is 75.0 Å². The maximum atomic E-state index is 12.4. The van der Waals surface area contributed by atoms with E-state index in [1.165, 1.54) is 6.92 Å². The number of ketones is 1. The van der Waals surface area contributed by atoms with Crippen molar-refractivity contribution in [3.8, 4) is 0 Å². The fraction of sp³-hybridized carbons (Fsp3) is 0.913. The van der Waals surface area contributed by atoms with Gasteiger partial charge in [0.2, 0.25) is 0 Å². The number of Topliss-reactive ketones (excluding diaryl/α,β-unsaturated/α-hetero) is 1. The first-order valence-corrected chi connectivity index (χ1v) is 11.1. The molecule has 158 valence electrons. The van der Waals surface area contributed by atoms with Gasteiger partial charge < -0.3 is 14.9 Å². The number of ether oxygens (including phenoxy) is 1. The van der Waals surface area contributed by atoms with E-state index < -0.39 is 11.5 Å². The van der Waals surface area contributed by atoms with Crippen molar-refractivity contribution in [3.63, 3.8) is 0 Å². The lowest BCUT2D eigenvalue weighted by Gasteiger charge is -2.63. The number of fused-ring (bicyclic) bond motifs is 5. The fourth-order valence-corrected chi connectivity index (χ4v) is 8.14. The largest absolute Gasteiger partial charge is 0.462 e. The van der Waals surface area contributed by atoms with Crippen LogP contribution in [-0.4, -0.2) is 40.3 Å². The van der Waals surface area contributed by atoms with E-state index in [2.05, 4.69) is 13.8 Å². The topological polar surface area (TPSA) is 83.8 Å². The first-order chi connectivity index (χ1) is 13.1. The predicted octanol–water partition coefficient (Wildman–Crippen LogP) is 3.11. The van der Waals surface area contributed by atoms with Gasteiger partial charge in [-0.3, -0.25) is 9.59 Å². The molecule has 0 radical (unpaired) electrons. The van der Waals surface area contributed by atoms with Crippen molar-refractivity contribution in [2.45, 2.75) is 91.0 Å². The summed E-state index contributed by atoms with van der Waals surface area (Å²) >= 11 is 0. The molecule has 7 unspecified atom stereocenters. The minimum Gasteiger partial charge on any atom is -0.462 e. The molecule has 4 aliphatic carbocycles. The molecule has 5 heteroatoms. The van der Waals surface area contributed by atoms with Crippen LogP contribution in [0.5, 0.6) is 0 Å². The Hall–Kier alpha value is -0.940. The molecule has 0 amide bonds. The molecule has 0 heterocycles. The van der Waals surface area contributed by atoms with Gasteiger partial charge >= 0.3 is 5.97 Å². The van der Waals surface area contributed by atoms with E-state index in [9.17, 15) is 19.8 Å². The monoisotopic (exact) mass is 392 g/mol. The second-order valence-corrected chi connectivity index (χ2v) is 10.7. The van der Waals surface area contributed by atoms with Crippen LogP contribution >= 0.6 is 0 Å². The van der Waals surface area contributed by atoms with E-state index >= 15 is 0 Å². The highest BCUT2D eigenvalue weighted by molar-refractivity contribution is 5.79. The van der Waals surface area contributed by atoms with Gasteiger partial charge in [-0.1, -0.05) is 13.8 Å². The van der Waals surface area contributed by atoms with Crippen molar-refractivity contribution in [1.29, 1.82) is 0 Å². The number of aliphatic hydroxyl groups excluding tert-OH is 2. The lowest BCUT2D eigenvalue weighted by atomic mass is 9.43. The summed E-state index contributed by atoms with van der Waals surface area (Å²) in [6.07, 6.45) is 4.77. The molecule has 4 aliphatic rings. The van der Waals surface area contributed by atoms with Crippen LogP contribution in [0.1, 0.15) is 72.6 Å². The third-order valence-electron chi connectivity index (χ3n) is 9.55. The van der Waals surface area contributed by atoms with Gasteiger partial charge in [0, 0.05) is 24.2 Å². The van der Waals surface area contributed by atoms with Crippen LogP contribution in [0, 0.1) is 40.4 Å². The Morgan fingerprint density at radius 3 is 2.32 bits per heavy atom. The van der Waals surface area contributed by atoms with Crippen LogP contribution < -0.4 is 0 Å². The zero-order chi connectivity index (χ0) is 20.4. The fourth-order valence-electron chi connectivity index (χ4n) is 8.14. The van der Waals surface area contributed by atoms with E-state index in [0.717, 1.165) is 38.5 Å². The second-order valence-electron chi connectivity index (χ2n) is 10.7. The van der Waals surface area contributed by atoms with Gasteiger partial charge in [-0.2, -0.15) is 0 Å². The maximum absolute atomic E-state index is 12.4. The zero-order valence-electron chi connectivity index (χ0n) is 17.7. The summed E-state index contributed by atoms with van der Waals surface area (Å²) < 4.78 is 5.89. The number of carbonyl (C=O) groups is 2. The van der Waals surface area contributed by atoms with Crippen LogP contribution in [0.25, 0.3) is 0 Å². The number of esters is 1. The second kappa shape index (κ2) is 6.80. The van der Waals surface area contributed by atoms with E-state index in [0.29, 0.717) is 12.3 Å². The smallest absolute Gasteiger partial charge is 0.302 e. The third kappa shape index (κ3) is 2.79. The van der Waals surface area contributed by atoms with Gasteiger partial charge in [0.1, 0.15) is 11.9 Å². The minimum absolute atomic E-state index is 0.0527. The average Bonchev–Trinajstić information content (AvgIpc) is 2.96. The number of hydrogen-bond donors (Lipinski definition) is 2. The molecule has 28 heavy (non-hydrogen) atoms. The van der Waals surface area contributed by atoms with E-state index in [1.54, 1.807) is 6.92 Å². The number of hydrogen-bond acceptors (Lipinski definition) is 5. The highest BCUT2D eigenvalue weighted by Crippen LogP contribution is 2.67. The summed E-state index contributed by atoms with van der Waals surface area (Å²) in [6.45, 7) is 7.56. The lowest BCUT2D eigenvalue weighted by Crippen LogP contribution is -2.63. The normalized spacial score (nSPS) is 52.9. The van der Waals surface area contributed by atoms with E-state index in [4.69, 9.17) is 4.74 Å². The Morgan fingerprint density at radius 1 is 0.964 bits per heavy atom. The molecule has 10 atom stereocenters. The zero-order valence-corrected chi connectivity index (χ0v) is 17.7. The van der Waals surface area contributed by atoms with Gasteiger partial charge in [0.05, 0.1) is 12.2 Å². The van der Waals surface area contributed by atoms with Crippen LogP contribution in [-0.2, 0) is 14.3 Å². The Labute approximate surface area is 168 Å². The first-order valence-electron chi connectivity index (χ1n) is 11.1. The standard InChI is InChI=1S/C23H36O5/c1-12(24)16-5-6-17-21-18(11-20(27)23(16,17)4)22(3)8-7-15(26)9-14(22)10-19(21)28-13(2)25/h14-21,26-27H,5-11H2,1-4H3/t14-,15?,16-,17?,18?,19+,20?,21?,22?,23?/m0/s1. The molecule has 0 aromatic rings. The minimum atomic E-state index is -0.504.